The Morgan fingerprint density at radius 1 is 1.26 bits per heavy atom. The minimum atomic E-state index is 0.349. The van der Waals surface area contributed by atoms with Crippen molar-refractivity contribution in [2.75, 3.05) is 25.0 Å². The predicted octanol–water partition coefficient (Wildman–Crippen LogP) is 3.27. The van der Waals surface area contributed by atoms with E-state index < -0.39 is 0 Å². The molecule has 0 aromatic carbocycles. The Morgan fingerprint density at radius 2 is 2.04 bits per heavy atom. The van der Waals surface area contributed by atoms with E-state index in [1.54, 1.807) is 0 Å². The van der Waals surface area contributed by atoms with Crippen LogP contribution in [-0.4, -0.2) is 42.0 Å². The molecule has 0 radical (unpaired) electrons. The van der Waals surface area contributed by atoms with Gasteiger partial charge in [0.1, 0.15) is 0 Å². The molecule has 23 heavy (non-hydrogen) atoms. The number of carbonyl (C=O) groups excluding carboxylic acids is 1. The van der Waals surface area contributed by atoms with Gasteiger partial charge in [-0.2, -0.15) is 0 Å². The van der Waals surface area contributed by atoms with Gasteiger partial charge in [0.2, 0.25) is 6.41 Å². The van der Waals surface area contributed by atoms with E-state index >= 15 is 0 Å². The zero-order valence-corrected chi connectivity index (χ0v) is 14.5. The maximum absolute atomic E-state index is 10.4. The highest BCUT2D eigenvalue weighted by Gasteiger charge is 2.23. The smallest absolute Gasteiger partial charge is 0.213 e. The van der Waals surface area contributed by atoms with Gasteiger partial charge in [-0.15, -0.1) is 11.3 Å². The fourth-order valence-corrected chi connectivity index (χ4v) is 4.34. The molecule has 1 aliphatic carbocycles. The van der Waals surface area contributed by atoms with Gasteiger partial charge in [-0.1, -0.05) is 19.3 Å². The van der Waals surface area contributed by atoms with Crippen LogP contribution < -0.4 is 5.32 Å². The van der Waals surface area contributed by atoms with Gasteiger partial charge >= 0.3 is 0 Å². The van der Waals surface area contributed by atoms with Crippen LogP contribution in [0.15, 0.2) is 5.38 Å². The lowest BCUT2D eigenvalue weighted by Gasteiger charge is -2.35. The number of hydrogen-bond donors (Lipinski definition) is 1. The summed E-state index contributed by atoms with van der Waals surface area (Å²) < 4.78 is 6.00. The van der Waals surface area contributed by atoms with Crippen LogP contribution in [0.25, 0.3) is 0 Å². The van der Waals surface area contributed by atoms with Gasteiger partial charge in [-0.25, -0.2) is 4.98 Å². The first-order valence-corrected chi connectivity index (χ1v) is 9.70. The molecule has 0 bridgehead atoms. The number of hydrogen-bond acceptors (Lipinski definition) is 5. The average Bonchev–Trinajstić information content (AvgIpc) is 3.03. The number of carbonyl (C=O) groups is 1. The second-order valence-corrected chi connectivity index (χ2v) is 7.58. The van der Waals surface area contributed by atoms with Crippen molar-refractivity contribution in [3.8, 4) is 0 Å². The molecule has 6 heteroatoms. The number of thiazole rings is 1. The molecule has 1 N–H and O–H groups in total. The van der Waals surface area contributed by atoms with Crippen LogP contribution in [0.2, 0.25) is 0 Å². The summed E-state index contributed by atoms with van der Waals surface area (Å²) in [6, 6.07) is 0. The number of nitrogens with zero attached hydrogens (tertiary/aromatic N) is 2. The van der Waals surface area contributed by atoms with E-state index in [2.05, 4.69) is 15.2 Å². The molecule has 1 aliphatic heterocycles. The summed E-state index contributed by atoms with van der Waals surface area (Å²) in [5, 5.41) is 5.16. The van der Waals surface area contributed by atoms with Crippen molar-refractivity contribution in [3.05, 3.63) is 11.1 Å². The molecule has 1 amide bonds. The Kier molecular flexibility index (Phi) is 6.42. The van der Waals surface area contributed by atoms with Crippen molar-refractivity contribution < 1.29 is 9.53 Å². The third-order valence-corrected chi connectivity index (χ3v) is 5.80. The van der Waals surface area contributed by atoms with Crippen molar-refractivity contribution in [1.29, 1.82) is 0 Å². The van der Waals surface area contributed by atoms with Gasteiger partial charge in [0, 0.05) is 25.0 Å². The molecule has 0 unspecified atom stereocenters. The summed E-state index contributed by atoms with van der Waals surface area (Å²) in [5.41, 5.74) is 0.906. The molecular weight excluding hydrogens is 310 g/mol. The van der Waals surface area contributed by atoms with Crippen LogP contribution in [0.4, 0.5) is 5.13 Å². The summed E-state index contributed by atoms with van der Waals surface area (Å²) in [6.07, 6.45) is 10.4. The third kappa shape index (κ3) is 5.26. The number of anilines is 1. The van der Waals surface area contributed by atoms with Crippen LogP contribution in [-0.2, 0) is 16.1 Å². The summed E-state index contributed by atoms with van der Waals surface area (Å²) >= 11 is 1.44. The summed E-state index contributed by atoms with van der Waals surface area (Å²) in [6.45, 7) is 4.16. The van der Waals surface area contributed by atoms with Crippen LogP contribution in [0.3, 0.4) is 0 Å². The standard InChI is InChI=1S/C17H27N3O2S/c21-13-18-17-19-15(12-23-17)11-22-16-6-8-20(9-7-16)10-14-4-2-1-3-5-14/h12-14,16H,1-11H2,(H,18,19,21). The van der Waals surface area contributed by atoms with E-state index in [9.17, 15) is 4.79 Å². The zero-order valence-electron chi connectivity index (χ0n) is 13.7. The topological polar surface area (TPSA) is 54.5 Å². The van der Waals surface area contributed by atoms with Crippen molar-refractivity contribution >= 4 is 22.9 Å². The number of rotatable bonds is 7. The first-order chi connectivity index (χ1) is 11.3. The Hall–Kier alpha value is -0.980. The van der Waals surface area contributed by atoms with E-state index in [0.29, 0.717) is 24.3 Å². The quantitative estimate of drug-likeness (QED) is 0.776. The third-order valence-electron chi connectivity index (χ3n) is 4.98. The second kappa shape index (κ2) is 8.76. The molecular formula is C17H27N3O2S. The summed E-state index contributed by atoms with van der Waals surface area (Å²) in [5.74, 6) is 0.931. The lowest BCUT2D eigenvalue weighted by molar-refractivity contribution is -0.105. The minimum absolute atomic E-state index is 0.349. The van der Waals surface area contributed by atoms with Gasteiger partial charge in [0.25, 0.3) is 0 Å². The molecule has 2 fully saturated rings. The Labute approximate surface area is 142 Å². The van der Waals surface area contributed by atoms with E-state index in [0.717, 1.165) is 37.5 Å². The molecule has 2 aliphatic rings. The normalized spacial score (nSPS) is 21.4. The largest absolute Gasteiger partial charge is 0.372 e. The molecule has 2 heterocycles. The maximum Gasteiger partial charge on any atom is 0.213 e. The number of amides is 1. The highest BCUT2D eigenvalue weighted by atomic mass is 32.1. The van der Waals surface area contributed by atoms with Crippen molar-refractivity contribution in [3.63, 3.8) is 0 Å². The Bertz CT molecular complexity index is 480. The van der Waals surface area contributed by atoms with Crippen molar-refractivity contribution in [2.24, 2.45) is 5.92 Å². The monoisotopic (exact) mass is 337 g/mol. The first-order valence-electron chi connectivity index (χ1n) is 8.82. The lowest BCUT2D eigenvalue weighted by Crippen LogP contribution is -2.40. The van der Waals surface area contributed by atoms with E-state index in [-0.39, 0.29) is 0 Å². The minimum Gasteiger partial charge on any atom is -0.372 e. The van der Waals surface area contributed by atoms with Crippen LogP contribution in [0.1, 0.15) is 50.6 Å². The van der Waals surface area contributed by atoms with Crippen LogP contribution in [0.5, 0.6) is 0 Å². The SMILES string of the molecule is O=CNc1nc(COC2CCN(CC3CCCCC3)CC2)cs1. The molecule has 0 spiro atoms. The number of likely N-dealkylation sites (tertiary alicyclic amines) is 1. The van der Waals surface area contributed by atoms with E-state index in [1.165, 1.54) is 50.0 Å². The van der Waals surface area contributed by atoms with Crippen LogP contribution in [0, 0.1) is 5.92 Å². The van der Waals surface area contributed by atoms with Gasteiger partial charge < -0.3 is 15.0 Å². The maximum atomic E-state index is 10.4. The molecule has 1 aromatic heterocycles. The van der Waals surface area contributed by atoms with Gasteiger partial charge in [-0.05, 0) is 31.6 Å². The number of ether oxygens (including phenoxy) is 1. The fourth-order valence-electron chi connectivity index (χ4n) is 3.69. The van der Waals surface area contributed by atoms with Crippen LogP contribution >= 0.6 is 11.3 Å². The highest BCUT2D eigenvalue weighted by Crippen LogP contribution is 2.26. The Balaban J connectivity index is 1.34. The van der Waals surface area contributed by atoms with E-state index in [4.69, 9.17) is 4.74 Å². The molecule has 1 saturated carbocycles. The molecule has 5 nitrogen and oxygen atoms in total. The van der Waals surface area contributed by atoms with Gasteiger partial charge in [0.15, 0.2) is 5.13 Å². The Morgan fingerprint density at radius 3 is 2.78 bits per heavy atom. The average molecular weight is 337 g/mol. The van der Waals surface area contributed by atoms with Gasteiger partial charge in [0.05, 0.1) is 18.4 Å². The zero-order chi connectivity index (χ0) is 15.9. The predicted molar refractivity (Wildman–Crippen MR) is 92.6 cm³/mol. The number of piperidine rings is 1. The molecule has 128 valence electrons. The molecule has 1 saturated heterocycles. The van der Waals surface area contributed by atoms with Crippen molar-refractivity contribution in [2.45, 2.75) is 57.7 Å². The van der Waals surface area contributed by atoms with Gasteiger partial charge in [-0.3, -0.25) is 4.79 Å². The first kappa shape index (κ1) is 16.9. The highest BCUT2D eigenvalue weighted by molar-refractivity contribution is 7.13. The molecule has 0 atom stereocenters. The fraction of sp³-hybridized carbons (Fsp3) is 0.765. The summed E-state index contributed by atoms with van der Waals surface area (Å²) in [7, 11) is 0. The number of aromatic nitrogens is 1. The second-order valence-electron chi connectivity index (χ2n) is 6.72. The number of nitrogens with one attached hydrogen (secondary N) is 1. The molecule has 3 rings (SSSR count). The van der Waals surface area contributed by atoms with Crippen molar-refractivity contribution in [1.82, 2.24) is 9.88 Å². The molecule has 1 aromatic rings. The van der Waals surface area contributed by atoms with E-state index in [1.807, 2.05) is 5.38 Å². The summed E-state index contributed by atoms with van der Waals surface area (Å²) in [4.78, 5) is 17.3. The lowest BCUT2D eigenvalue weighted by atomic mass is 9.88.